The van der Waals surface area contributed by atoms with E-state index < -0.39 is 11.5 Å². The van der Waals surface area contributed by atoms with Crippen LogP contribution in [-0.2, 0) is 17.8 Å². The summed E-state index contributed by atoms with van der Waals surface area (Å²) < 4.78 is 11.6. The molecule has 0 aliphatic heterocycles. The van der Waals surface area contributed by atoms with E-state index in [-0.39, 0.29) is 6.54 Å². The number of rotatable bonds is 7. The lowest BCUT2D eigenvalue weighted by Gasteiger charge is -2.07. The number of aryl methyl sites for hydroxylation is 1. The molecule has 0 radical (unpaired) electrons. The first kappa shape index (κ1) is 21.0. The Morgan fingerprint density at radius 2 is 1.94 bits per heavy atom. The van der Waals surface area contributed by atoms with Gasteiger partial charge in [-0.3, -0.25) is 9.59 Å². The molecule has 0 aliphatic rings. The zero-order chi connectivity index (χ0) is 22.5. The number of benzene rings is 2. The van der Waals surface area contributed by atoms with Gasteiger partial charge in [0.2, 0.25) is 0 Å². The zero-order valence-electron chi connectivity index (χ0n) is 17.6. The molecule has 2 aromatic heterocycles. The Morgan fingerprint density at radius 1 is 1.19 bits per heavy atom. The number of carbonyl (C=O) groups is 1. The van der Waals surface area contributed by atoms with Gasteiger partial charge in [0, 0.05) is 6.42 Å². The van der Waals surface area contributed by atoms with Crippen molar-refractivity contribution in [3.8, 4) is 5.75 Å². The van der Waals surface area contributed by atoms with Crippen LogP contribution in [0.15, 0.2) is 69.0 Å². The van der Waals surface area contributed by atoms with Crippen molar-refractivity contribution < 1.29 is 14.1 Å². The summed E-state index contributed by atoms with van der Waals surface area (Å²) in [5.74, 6) is 0.242. The van der Waals surface area contributed by atoms with Crippen molar-refractivity contribution in [2.24, 2.45) is 5.10 Å². The normalized spacial score (nSPS) is 11.2. The Balaban J connectivity index is 1.54. The van der Waals surface area contributed by atoms with Gasteiger partial charge in [-0.1, -0.05) is 35.5 Å². The highest BCUT2D eigenvalue weighted by atomic mass is 16.5. The van der Waals surface area contributed by atoms with E-state index in [0.29, 0.717) is 28.8 Å². The van der Waals surface area contributed by atoms with Crippen LogP contribution in [0.5, 0.6) is 5.75 Å². The van der Waals surface area contributed by atoms with Gasteiger partial charge in [-0.2, -0.15) is 10.2 Å². The van der Waals surface area contributed by atoms with Crippen molar-refractivity contribution in [1.29, 1.82) is 0 Å². The van der Waals surface area contributed by atoms with E-state index in [0.717, 1.165) is 21.6 Å². The first-order chi connectivity index (χ1) is 15.5. The standard InChI is InChI=1S/C23H21N5O4/c1-15-21-22(32-27-15)19(12-16-6-4-3-5-7-16)26-28(23(21)30)14-20(29)25-24-13-17-8-10-18(31-2)11-9-17/h3-11,13H,12,14H2,1-2H3,(H,25,29)/b24-13-. The van der Waals surface area contributed by atoms with E-state index in [1.54, 1.807) is 38.3 Å². The number of hydrogen-bond acceptors (Lipinski definition) is 7. The minimum absolute atomic E-state index is 0.291. The number of hydrazone groups is 1. The number of nitrogens with zero attached hydrogens (tertiary/aromatic N) is 4. The van der Waals surface area contributed by atoms with E-state index in [1.807, 2.05) is 30.3 Å². The van der Waals surface area contributed by atoms with Gasteiger partial charge in [0.15, 0.2) is 5.58 Å². The van der Waals surface area contributed by atoms with Crippen molar-refractivity contribution in [3.05, 3.63) is 87.5 Å². The van der Waals surface area contributed by atoms with E-state index in [2.05, 4.69) is 20.8 Å². The van der Waals surface area contributed by atoms with Crippen LogP contribution in [0.4, 0.5) is 0 Å². The maximum absolute atomic E-state index is 12.9. The summed E-state index contributed by atoms with van der Waals surface area (Å²) >= 11 is 0. The summed E-state index contributed by atoms with van der Waals surface area (Å²) in [7, 11) is 1.59. The molecule has 9 nitrogen and oxygen atoms in total. The van der Waals surface area contributed by atoms with Crippen molar-refractivity contribution in [3.63, 3.8) is 0 Å². The minimum Gasteiger partial charge on any atom is -0.497 e. The molecule has 0 fully saturated rings. The van der Waals surface area contributed by atoms with Crippen molar-refractivity contribution in [2.75, 3.05) is 7.11 Å². The van der Waals surface area contributed by atoms with Crippen LogP contribution in [0.1, 0.15) is 22.5 Å². The van der Waals surface area contributed by atoms with Gasteiger partial charge in [-0.05, 0) is 42.3 Å². The topological polar surface area (TPSA) is 112 Å². The molecule has 32 heavy (non-hydrogen) atoms. The Bertz CT molecular complexity index is 1320. The molecule has 0 saturated heterocycles. The molecule has 1 amide bonds. The summed E-state index contributed by atoms with van der Waals surface area (Å²) in [5, 5.41) is 12.6. The average Bonchev–Trinajstić information content (AvgIpc) is 3.20. The van der Waals surface area contributed by atoms with Crippen LogP contribution in [0.25, 0.3) is 11.0 Å². The van der Waals surface area contributed by atoms with Gasteiger partial charge >= 0.3 is 0 Å². The van der Waals surface area contributed by atoms with Crippen LogP contribution in [0.2, 0.25) is 0 Å². The molecule has 0 unspecified atom stereocenters. The van der Waals surface area contributed by atoms with Crippen molar-refractivity contribution in [1.82, 2.24) is 20.4 Å². The molecule has 0 spiro atoms. The van der Waals surface area contributed by atoms with Crippen molar-refractivity contribution >= 4 is 23.1 Å². The second-order valence-electron chi connectivity index (χ2n) is 7.11. The van der Waals surface area contributed by atoms with Gasteiger partial charge in [-0.15, -0.1) is 0 Å². The van der Waals surface area contributed by atoms with E-state index >= 15 is 0 Å². The molecule has 0 bridgehead atoms. The van der Waals surface area contributed by atoms with E-state index in [4.69, 9.17) is 9.26 Å². The maximum Gasteiger partial charge on any atom is 0.280 e. The highest BCUT2D eigenvalue weighted by Crippen LogP contribution is 2.19. The first-order valence-corrected chi connectivity index (χ1v) is 9.91. The molecule has 4 rings (SSSR count). The third-order valence-electron chi connectivity index (χ3n) is 4.84. The van der Waals surface area contributed by atoms with E-state index in [9.17, 15) is 9.59 Å². The highest BCUT2D eigenvalue weighted by Gasteiger charge is 2.19. The largest absolute Gasteiger partial charge is 0.497 e. The lowest BCUT2D eigenvalue weighted by Crippen LogP contribution is -2.32. The second-order valence-corrected chi connectivity index (χ2v) is 7.11. The summed E-state index contributed by atoms with van der Waals surface area (Å²) in [6.45, 7) is 1.39. The number of methoxy groups -OCH3 is 1. The number of carbonyl (C=O) groups excluding carboxylic acids is 1. The number of hydrogen-bond donors (Lipinski definition) is 1. The average molecular weight is 431 g/mol. The molecule has 2 heterocycles. The lowest BCUT2D eigenvalue weighted by molar-refractivity contribution is -0.121. The summed E-state index contributed by atoms with van der Waals surface area (Å²) in [5.41, 5.74) is 5.08. The van der Waals surface area contributed by atoms with Gasteiger partial charge in [0.1, 0.15) is 23.4 Å². The Hall–Kier alpha value is -4.27. The number of aromatic nitrogens is 3. The summed E-state index contributed by atoms with van der Waals surface area (Å²) in [6.07, 6.45) is 1.94. The Morgan fingerprint density at radius 3 is 2.66 bits per heavy atom. The molecule has 0 aliphatic carbocycles. The first-order valence-electron chi connectivity index (χ1n) is 9.91. The molecule has 9 heteroatoms. The maximum atomic E-state index is 12.9. The monoisotopic (exact) mass is 431 g/mol. The fraction of sp³-hybridized carbons (Fsp3) is 0.174. The smallest absolute Gasteiger partial charge is 0.280 e. The van der Waals surface area contributed by atoms with Crippen LogP contribution in [0.3, 0.4) is 0 Å². The predicted molar refractivity (Wildman–Crippen MR) is 119 cm³/mol. The summed E-state index contributed by atoms with van der Waals surface area (Å²) in [6, 6.07) is 16.8. The molecule has 0 atom stereocenters. The number of amides is 1. The Kier molecular flexibility index (Phi) is 6.07. The number of fused-ring (bicyclic) bond motifs is 1. The minimum atomic E-state index is -0.483. The molecule has 162 valence electrons. The van der Waals surface area contributed by atoms with Gasteiger partial charge < -0.3 is 9.26 Å². The van der Waals surface area contributed by atoms with Crippen LogP contribution in [-0.4, -0.2) is 34.2 Å². The van der Waals surface area contributed by atoms with Crippen LogP contribution >= 0.6 is 0 Å². The number of nitrogens with one attached hydrogen (secondary N) is 1. The van der Waals surface area contributed by atoms with E-state index in [1.165, 1.54) is 6.21 Å². The van der Waals surface area contributed by atoms with Crippen LogP contribution in [0, 0.1) is 6.92 Å². The van der Waals surface area contributed by atoms with Gasteiger partial charge in [-0.25, -0.2) is 10.1 Å². The molecule has 1 N–H and O–H groups in total. The third-order valence-corrected chi connectivity index (χ3v) is 4.84. The quantitative estimate of drug-likeness (QED) is 0.355. The predicted octanol–water partition coefficient (Wildman–Crippen LogP) is 2.44. The number of ether oxygens (including phenoxy) is 1. The third kappa shape index (κ3) is 4.56. The lowest BCUT2D eigenvalue weighted by atomic mass is 10.1. The summed E-state index contributed by atoms with van der Waals surface area (Å²) in [4.78, 5) is 25.3. The highest BCUT2D eigenvalue weighted by molar-refractivity contribution is 5.83. The van der Waals surface area contributed by atoms with Gasteiger partial charge in [0.25, 0.3) is 11.5 Å². The molecular formula is C23H21N5O4. The molecular weight excluding hydrogens is 410 g/mol. The Labute approximate surface area is 183 Å². The fourth-order valence-corrected chi connectivity index (χ4v) is 3.24. The molecule has 4 aromatic rings. The zero-order valence-corrected chi connectivity index (χ0v) is 17.6. The SMILES string of the molecule is COc1ccc(/C=N\NC(=O)Cn2nc(Cc3ccccc3)c3onc(C)c3c2=O)cc1. The van der Waals surface area contributed by atoms with Gasteiger partial charge in [0.05, 0.1) is 19.0 Å². The van der Waals surface area contributed by atoms with Crippen LogP contribution < -0.4 is 15.7 Å². The molecule has 0 saturated carbocycles. The fourth-order valence-electron chi connectivity index (χ4n) is 3.24. The van der Waals surface area contributed by atoms with Crippen molar-refractivity contribution in [2.45, 2.75) is 19.9 Å². The molecule has 2 aromatic carbocycles. The second kappa shape index (κ2) is 9.25.